The lowest BCUT2D eigenvalue weighted by Gasteiger charge is -2.33. The third kappa shape index (κ3) is 5.60. The van der Waals surface area contributed by atoms with Gasteiger partial charge in [-0.2, -0.15) is 4.37 Å². The third-order valence-electron chi connectivity index (χ3n) is 6.02. The molecule has 2 aromatic carbocycles. The van der Waals surface area contributed by atoms with E-state index in [1.165, 1.54) is 25.3 Å². The van der Waals surface area contributed by atoms with E-state index in [9.17, 15) is 9.59 Å². The molecule has 4 rings (SSSR count). The molecule has 0 unspecified atom stereocenters. The summed E-state index contributed by atoms with van der Waals surface area (Å²) in [7, 11) is 1.53. The van der Waals surface area contributed by atoms with Crippen LogP contribution in [0.2, 0.25) is 9.36 Å². The molecule has 1 saturated carbocycles. The number of benzene rings is 2. The molecular formula is C25H24Cl2FN3O3S. The fourth-order valence-corrected chi connectivity index (χ4v) is 5.24. The molecule has 0 saturated heterocycles. The van der Waals surface area contributed by atoms with Crippen molar-refractivity contribution < 1.29 is 18.7 Å². The van der Waals surface area contributed by atoms with E-state index in [4.69, 9.17) is 27.9 Å². The number of aromatic nitrogens is 1. The van der Waals surface area contributed by atoms with Crippen LogP contribution in [-0.2, 0) is 4.79 Å². The highest BCUT2D eigenvalue weighted by Crippen LogP contribution is 2.36. The maximum atomic E-state index is 15.1. The van der Waals surface area contributed by atoms with Crippen molar-refractivity contribution >= 4 is 52.2 Å². The zero-order valence-corrected chi connectivity index (χ0v) is 21.3. The summed E-state index contributed by atoms with van der Waals surface area (Å²) < 4.78 is 24.6. The fraction of sp³-hybridized carbons (Fsp3) is 0.320. The number of halogens is 3. The van der Waals surface area contributed by atoms with Gasteiger partial charge < -0.3 is 10.1 Å². The molecule has 1 aliphatic carbocycles. The van der Waals surface area contributed by atoms with Crippen LogP contribution in [-0.4, -0.2) is 29.3 Å². The molecule has 2 amide bonds. The minimum absolute atomic E-state index is 0.0214. The average Bonchev–Trinajstić information content (AvgIpc) is 3.21. The van der Waals surface area contributed by atoms with Gasteiger partial charge in [-0.25, -0.2) is 4.39 Å². The number of carbonyl (C=O) groups excluding carboxylic acids is 2. The molecule has 1 atom stereocenters. The van der Waals surface area contributed by atoms with Crippen molar-refractivity contribution in [3.63, 3.8) is 0 Å². The molecule has 3 aromatic rings. The van der Waals surface area contributed by atoms with Crippen LogP contribution in [0.25, 0.3) is 0 Å². The van der Waals surface area contributed by atoms with Gasteiger partial charge in [0.05, 0.1) is 12.8 Å². The summed E-state index contributed by atoms with van der Waals surface area (Å²) in [5.74, 6) is -1.24. The number of anilines is 1. The molecule has 1 heterocycles. The molecule has 1 N–H and O–H groups in total. The first-order valence-corrected chi connectivity index (χ1v) is 12.8. The molecule has 1 fully saturated rings. The maximum absolute atomic E-state index is 15.1. The lowest BCUT2D eigenvalue weighted by molar-refractivity contribution is -0.123. The Balaban J connectivity index is 1.83. The molecule has 0 bridgehead atoms. The van der Waals surface area contributed by atoms with Crippen molar-refractivity contribution in [1.82, 2.24) is 9.69 Å². The number of para-hydroxylation sites is 1. The minimum Gasteiger partial charge on any atom is -0.497 e. The molecule has 0 radical (unpaired) electrons. The number of rotatable bonds is 7. The Hall–Kier alpha value is -2.68. The van der Waals surface area contributed by atoms with Crippen molar-refractivity contribution in [2.24, 2.45) is 0 Å². The van der Waals surface area contributed by atoms with Gasteiger partial charge in [0.2, 0.25) is 5.91 Å². The van der Waals surface area contributed by atoms with Gasteiger partial charge in [-0.3, -0.25) is 14.5 Å². The fourth-order valence-electron chi connectivity index (χ4n) is 4.25. The van der Waals surface area contributed by atoms with E-state index in [1.807, 2.05) is 0 Å². The quantitative estimate of drug-likeness (QED) is 0.378. The molecule has 10 heteroatoms. The van der Waals surface area contributed by atoms with Gasteiger partial charge in [-0.15, -0.1) is 0 Å². The second-order valence-corrected chi connectivity index (χ2v) is 10.0. The van der Waals surface area contributed by atoms with Crippen LogP contribution in [0, 0.1) is 5.82 Å². The first-order chi connectivity index (χ1) is 16.9. The van der Waals surface area contributed by atoms with E-state index in [0.29, 0.717) is 11.3 Å². The molecule has 1 aromatic heterocycles. The van der Waals surface area contributed by atoms with Gasteiger partial charge in [0.25, 0.3) is 5.91 Å². The molecule has 35 heavy (non-hydrogen) atoms. The van der Waals surface area contributed by atoms with Gasteiger partial charge in [-0.05, 0) is 54.2 Å². The van der Waals surface area contributed by atoms with Crippen LogP contribution in [0.5, 0.6) is 5.75 Å². The molecular weight excluding hydrogens is 512 g/mol. The molecule has 6 nitrogen and oxygen atoms in total. The Kier molecular flexibility index (Phi) is 8.26. The van der Waals surface area contributed by atoms with Crippen LogP contribution < -0.4 is 15.0 Å². The van der Waals surface area contributed by atoms with Gasteiger partial charge in [-0.1, -0.05) is 66.7 Å². The highest BCUT2D eigenvalue weighted by molar-refractivity contribution is 7.11. The predicted molar refractivity (Wildman–Crippen MR) is 136 cm³/mol. The van der Waals surface area contributed by atoms with Gasteiger partial charge in [0.1, 0.15) is 27.0 Å². The van der Waals surface area contributed by atoms with E-state index in [0.717, 1.165) is 48.5 Å². The van der Waals surface area contributed by atoms with E-state index in [-0.39, 0.29) is 26.8 Å². The average molecular weight is 536 g/mol. The summed E-state index contributed by atoms with van der Waals surface area (Å²) in [6, 6.07) is 11.3. The summed E-state index contributed by atoms with van der Waals surface area (Å²) in [4.78, 5) is 28.7. The van der Waals surface area contributed by atoms with Crippen molar-refractivity contribution in [3.8, 4) is 5.75 Å². The Bertz CT molecular complexity index is 1200. The lowest BCUT2D eigenvalue weighted by Crippen LogP contribution is -2.47. The zero-order valence-electron chi connectivity index (χ0n) is 19.0. The summed E-state index contributed by atoms with van der Waals surface area (Å²) in [6.07, 6.45) is 4.85. The van der Waals surface area contributed by atoms with Crippen molar-refractivity contribution in [1.29, 1.82) is 0 Å². The Morgan fingerprint density at radius 2 is 1.80 bits per heavy atom. The van der Waals surface area contributed by atoms with E-state index in [2.05, 4.69) is 9.69 Å². The monoisotopic (exact) mass is 535 g/mol. The highest BCUT2D eigenvalue weighted by atomic mass is 35.5. The topological polar surface area (TPSA) is 71.5 Å². The van der Waals surface area contributed by atoms with E-state index in [1.54, 1.807) is 30.3 Å². The molecule has 184 valence electrons. The number of nitrogens with one attached hydrogen (secondary N) is 1. The van der Waals surface area contributed by atoms with Crippen LogP contribution in [0.4, 0.5) is 10.1 Å². The SMILES string of the molecule is COc1ccc([C@@H](C(=O)NC2CCCCC2)N(C(=O)c2nsc(Cl)c2Cl)c2ccccc2F)cc1. The predicted octanol–water partition coefficient (Wildman–Crippen LogP) is 6.43. The van der Waals surface area contributed by atoms with Crippen LogP contribution >= 0.6 is 34.7 Å². The number of ether oxygens (including phenoxy) is 1. The zero-order chi connectivity index (χ0) is 24.9. The Morgan fingerprint density at radius 3 is 2.40 bits per heavy atom. The number of amides is 2. The van der Waals surface area contributed by atoms with Crippen LogP contribution in [0.3, 0.4) is 0 Å². The van der Waals surface area contributed by atoms with E-state index < -0.39 is 23.7 Å². The second kappa shape index (κ2) is 11.4. The van der Waals surface area contributed by atoms with Gasteiger partial charge in [0.15, 0.2) is 5.69 Å². The van der Waals surface area contributed by atoms with Crippen molar-refractivity contribution in [3.05, 3.63) is 75.0 Å². The summed E-state index contributed by atoms with van der Waals surface area (Å²) >= 11 is 13.2. The molecule has 0 aliphatic heterocycles. The molecule has 1 aliphatic rings. The number of nitrogens with zero attached hydrogens (tertiary/aromatic N) is 2. The number of methoxy groups -OCH3 is 1. The largest absolute Gasteiger partial charge is 0.497 e. The van der Waals surface area contributed by atoms with Crippen LogP contribution in [0.15, 0.2) is 48.5 Å². The van der Waals surface area contributed by atoms with Gasteiger partial charge in [0, 0.05) is 6.04 Å². The first kappa shape index (κ1) is 25.4. The standard InChI is InChI=1S/C25H24Cl2FN3O3S/c1-34-17-13-11-15(12-14-17)22(24(32)29-16-7-3-2-4-8-16)31(19-10-6-5-9-18(19)28)25(33)21-20(26)23(27)35-30-21/h5-6,9-14,16,22H,2-4,7-8H2,1H3,(H,29,32)/t22-/m0/s1. The second-order valence-electron chi connectivity index (χ2n) is 8.26. The number of hydrogen-bond donors (Lipinski definition) is 1. The normalized spacial score (nSPS) is 14.9. The third-order valence-corrected chi connectivity index (χ3v) is 7.63. The number of hydrogen-bond acceptors (Lipinski definition) is 5. The Morgan fingerprint density at radius 1 is 1.11 bits per heavy atom. The van der Waals surface area contributed by atoms with Gasteiger partial charge >= 0.3 is 0 Å². The highest BCUT2D eigenvalue weighted by Gasteiger charge is 2.37. The molecule has 0 spiro atoms. The summed E-state index contributed by atoms with van der Waals surface area (Å²) in [6.45, 7) is 0. The number of carbonyl (C=O) groups is 2. The Labute approximate surface area is 217 Å². The minimum atomic E-state index is -1.19. The van der Waals surface area contributed by atoms with Crippen molar-refractivity contribution in [2.75, 3.05) is 12.0 Å². The smallest absolute Gasteiger partial charge is 0.280 e. The first-order valence-electron chi connectivity index (χ1n) is 11.2. The van der Waals surface area contributed by atoms with E-state index >= 15 is 4.39 Å². The lowest BCUT2D eigenvalue weighted by atomic mass is 9.94. The summed E-state index contributed by atoms with van der Waals surface area (Å²) in [5, 5.41) is 3.04. The maximum Gasteiger partial charge on any atom is 0.280 e. The van der Waals surface area contributed by atoms with Crippen molar-refractivity contribution in [2.45, 2.75) is 44.2 Å². The van der Waals surface area contributed by atoms with Crippen LogP contribution in [0.1, 0.15) is 54.2 Å². The summed E-state index contributed by atoms with van der Waals surface area (Å²) in [5.41, 5.74) is 0.263.